The lowest BCUT2D eigenvalue weighted by molar-refractivity contribution is -0.128. The zero-order chi connectivity index (χ0) is 45.9. The van der Waals surface area contributed by atoms with E-state index >= 15 is 8.78 Å². The van der Waals surface area contributed by atoms with Gasteiger partial charge >= 0.3 is 5.69 Å². The van der Waals surface area contributed by atoms with Crippen LogP contribution in [0.4, 0.5) is 20.3 Å². The van der Waals surface area contributed by atoms with Gasteiger partial charge in [0.15, 0.2) is 11.3 Å². The van der Waals surface area contributed by atoms with Crippen molar-refractivity contribution in [2.24, 2.45) is 13.0 Å². The number of β-amino-alcohol motifs (C(OH)–C–C–N with tert-alkyl or cyclic N) is 1. The summed E-state index contributed by atoms with van der Waals surface area (Å²) < 4.78 is 38.0. The van der Waals surface area contributed by atoms with Gasteiger partial charge in [0.2, 0.25) is 5.91 Å². The number of aliphatic hydroxyl groups is 1. The van der Waals surface area contributed by atoms with Crippen LogP contribution in [0.2, 0.25) is 0 Å². The minimum atomic E-state index is -2.85. The number of rotatable bonds is 10. The van der Waals surface area contributed by atoms with Crippen molar-refractivity contribution < 1.29 is 23.5 Å². The number of anilines is 2. The van der Waals surface area contributed by atoms with Gasteiger partial charge in [-0.2, -0.15) is 10.2 Å². The molecule has 9 heterocycles. The van der Waals surface area contributed by atoms with E-state index in [-0.39, 0.29) is 41.7 Å². The van der Waals surface area contributed by atoms with Crippen LogP contribution in [0.3, 0.4) is 0 Å². The third kappa shape index (κ3) is 7.99. The van der Waals surface area contributed by atoms with Crippen LogP contribution in [0.5, 0.6) is 0 Å². The number of aromatic nitrogens is 10. The second-order valence-corrected chi connectivity index (χ2v) is 18.7. The molecule has 3 atom stereocenters. The molecule has 19 nitrogen and oxygen atoms in total. The van der Waals surface area contributed by atoms with E-state index in [1.165, 1.54) is 15.3 Å². The van der Waals surface area contributed by atoms with Gasteiger partial charge in [0.1, 0.15) is 23.4 Å². The van der Waals surface area contributed by atoms with Gasteiger partial charge in [0.05, 0.1) is 59.6 Å². The molecule has 1 unspecified atom stereocenters. The Morgan fingerprint density at radius 1 is 0.881 bits per heavy atom. The summed E-state index contributed by atoms with van der Waals surface area (Å²) in [5.41, 5.74) is 3.75. The van der Waals surface area contributed by atoms with Crippen molar-refractivity contribution in [1.82, 2.24) is 63.6 Å². The third-order valence-electron chi connectivity index (χ3n) is 14.5. The van der Waals surface area contributed by atoms with Crippen molar-refractivity contribution in [2.45, 2.75) is 95.5 Å². The summed E-state index contributed by atoms with van der Waals surface area (Å²) in [5, 5.41) is 30.5. The van der Waals surface area contributed by atoms with Crippen molar-refractivity contribution in [3.05, 3.63) is 71.3 Å². The molecule has 0 spiro atoms. The number of carbonyl (C=O) groups excluding carboxylic acids is 2. The Hall–Kier alpha value is -6.32. The molecule has 3 saturated heterocycles. The SMILES string of the molecule is Cn1c(=O)n(C2=CC(=O)NC(=O)C2)c2cccc(N3CCCCC3N3CCN([C@@H](C4CCCCC4)n4cc(-n5cc(-c6cnn7ccc(N8CCC[C@H](O)C8)nc67)nn5)c(C(F)F)n4)CC3)c21. The summed E-state index contributed by atoms with van der Waals surface area (Å²) in [4.78, 5) is 52.7. The van der Waals surface area contributed by atoms with Crippen molar-refractivity contribution in [2.75, 3.05) is 55.6 Å². The number of aliphatic hydroxyl groups excluding tert-OH is 1. The van der Waals surface area contributed by atoms with Gasteiger partial charge < -0.3 is 14.9 Å². The lowest BCUT2D eigenvalue weighted by Crippen LogP contribution is -2.58. The summed E-state index contributed by atoms with van der Waals surface area (Å²) in [6.45, 7) is 4.99. The summed E-state index contributed by atoms with van der Waals surface area (Å²) in [6.07, 6.45) is 14.5. The zero-order valence-electron chi connectivity index (χ0n) is 37.5. The van der Waals surface area contributed by atoms with E-state index in [0.717, 1.165) is 107 Å². The van der Waals surface area contributed by atoms with Gasteiger partial charge in [0.25, 0.3) is 12.3 Å². The second kappa shape index (κ2) is 17.7. The number of halogens is 2. The Balaban J connectivity index is 0.860. The van der Waals surface area contributed by atoms with Crippen LogP contribution in [-0.4, -0.2) is 133 Å². The molecule has 67 heavy (non-hydrogen) atoms. The number of piperidine rings is 2. The Morgan fingerprint density at radius 2 is 1.70 bits per heavy atom. The Kier molecular flexibility index (Phi) is 11.4. The molecule has 4 fully saturated rings. The molecule has 2 N–H and O–H groups in total. The van der Waals surface area contributed by atoms with Crippen LogP contribution >= 0.6 is 0 Å². The van der Waals surface area contributed by atoms with Crippen LogP contribution in [0, 0.1) is 5.92 Å². The highest BCUT2D eigenvalue weighted by Gasteiger charge is 2.38. The zero-order valence-corrected chi connectivity index (χ0v) is 37.5. The smallest absolute Gasteiger partial charge is 0.333 e. The number of nitrogens with zero attached hydrogens (tertiary/aromatic N) is 14. The number of hydrogen-bond donors (Lipinski definition) is 2. The lowest BCUT2D eigenvalue weighted by atomic mass is 9.86. The molecule has 0 radical (unpaired) electrons. The van der Waals surface area contributed by atoms with E-state index in [9.17, 15) is 19.5 Å². The van der Waals surface area contributed by atoms with Gasteiger partial charge in [-0.15, -0.1) is 5.10 Å². The highest BCUT2D eigenvalue weighted by atomic mass is 19.3. The number of para-hydroxylation sites is 1. The number of piperazine rings is 1. The molecule has 4 aliphatic heterocycles. The predicted molar refractivity (Wildman–Crippen MR) is 244 cm³/mol. The fraction of sp³-hybridized carbons (Fsp3) is 0.522. The maximum atomic E-state index is 15.1. The van der Waals surface area contributed by atoms with Crippen molar-refractivity contribution in [1.29, 1.82) is 0 Å². The van der Waals surface area contributed by atoms with E-state index in [4.69, 9.17) is 4.98 Å². The molecule has 2 amide bonds. The summed E-state index contributed by atoms with van der Waals surface area (Å²) in [7, 11) is 1.74. The fourth-order valence-electron chi connectivity index (χ4n) is 11.4. The van der Waals surface area contributed by atoms with Crippen molar-refractivity contribution in [3.63, 3.8) is 0 Å². The van der Waals surface area contributed by atoms with E-state index < -0.39 is 24.3 Å². The van der Waals surface area contributed by atoms with Crippen molar-refractivity contribution in [3.8, 4) is 16.9 Å². The van der Waals surface area contributed by atoms with Gasteiger partial charge in [-0.05, 0) is 69.1 Å². The number of alkyl halides is 2. The Morgan fingerprint density at radius 3 is 2.49 bits per heavy atom. The van der Waals surface area contributed by atoms with Gasteiger partial charge in [-0.25, -0.2) is 27.8 Å². The molecule has 1 saturated carbocycles. The Labute approximate surface area is 384 Å². The van der Waals surface area contributed by atoms with Crippen LogP contribution in [-0.2, 0) is 16.6 Å². The summed E-state index contributed by atoms with van der Waals surface area (Å²) in [5.74, 6) is -0.0443. The molecule has 5 aliphatic rings. The number of amides is 2. The number of hydrogen-bond acceptors (Lipinski definition) is 13. The average Bonchev–Trinajstić information content (AvgIpc) is 4.14. The molecule has 5 aromatic heterocycles. The maximum absolute atomic E-state index is 15.1. The predicted octanol–water partition coefficient (Wildman–Crippen LogP) is 4.33. The first-order chi connectivity index (χ1) is 32.6. The maximum Gasteiger partial charge on any atom is 0.333 e. The van der Waals surface area contributed by atoms with E-state index in [0.29, 0.717) is 47.8 Å². The number of fused-ring (bicyclic) bond motifs is 2. The van der Waals surface area contributed by atoms with Gasteiger partial charge in [0, 0.05) is 70.8 Å². The number of carbonyl (C=O) groups is 2. The molecule has 1 aliphatic carbocycles. The van der Waals surface area contributed by atoms with E-state index in [1.807, 2.05) is 24.4 Å². The number of nitrogens with one attached hydrogen (secondary N) is 1. The molecule has 0 bridgehead atoms. The monoisotopic (exact) mass is 919 g/mol. The van der Waals surface area contributed by atoms with Crippen LogP contribution in [0.1, 0.15) is 88.9 Å². The number of imidazole rings is 1. The molecule has 11 rings (SSSR count). The first kappa shape index (κ1) is 43.3. The lowest BCUT2D eigenvalue weighted by Gasteiger charge is -2.49. The van der Waals surface area contributed by atoms with Crippen LogP contribution < -0.4 is 20.8 Å². The fourth-order valence-corrected chi connectivity index (χ4v) is 11.4. The molecule has 1 aromatic carbocycles. The molecule has 6 aromatic rings. The van der Waals surface area contributed by atoms with Crippen molar-refractivity contribution >= 4 is 45.7 Å². The highest BCUT2D eigenvalue weighted by molar-refractivity contribution is 6.10. The highest BCUT2D eigenvalue weighted by Crippen LogP contribution is 2.39. The Bertz CT molecular complexity index is 2920. The number of aryl methyl sites for hydroxylation is 1. The molecule has 352 valence electrons. The first-order valence-electron chi connectivity index (χ1n) is 23.7. The molecular weight excluding hydrogens is 865 g/mol. The standard InChI is InChI=1S/C46H55F2N15O4/c1-55-42-34(12-7-13-35(42)63(46(55)67)30-23-38(65)51-39(66)24-30)59-17-6-5-14-40(59)56-19-21-57(22-20-56)45(29-9-3-2-4-10-29)62-28-36(41(53-62)43(47)48)61-27-33(52-54-61)32-25-49-60-18-15-37(50-44(32)60)58-16-8-11-31(64)26-58/h7,12-13,15,18,23,25,27-29,31,40,43,45,64H,2-6,8-11,14,16-17,19-22,24,26H2,1H3,(H,51,65,66)/t31-,40?,45+/m0/s1. The second-order valence-electron chi connectivity index (χ2n) is 18.7. The van der Waals surface area contributed by atoms with Gasteiger partial charge in [-0.1, -0.05) is 30.5 Å². The normalized spacial score (nSPS) is 22.3. The summed E-state index contributed by atoms with van der Waals surface area (Å²) >= 11 is 0. The molecular formula is C46H55F2N15O4. The van der Waals surface area contributed by atoms with Crippen LogP contribution in [0.15, 0.2) is 59.9 Å². The third-order valence-corrected chi connectivity index (χ3v) is 14.5. The van der Waals surface area contributed by atoms with E-state index in [1.54, 1.807) is 39.4 Å². The van der Waals surface area contributed by atoms with Gasteiger partial charge in [-0.3, -0.25) is 38.5 Å². The largest absolute Gasteiger partial charge is 0.391 e. The summed E-state index contributed by atoms with van der Waals surface area (Å²) in [6, 6.07) is 7.71. The minimum absolute atomic E-state index is 0.0604. The average molecular weight is 920 g/mol. The topological polar surface area (TPSA) is 185 Å². The number of imide groups is 1. The number of benzene rings is 1. The first-order valence-corrected chi connectivity index (χ1v) is 23.7. The minimum Gasteiger partial charge on any atom is -0.391 e. The quantitative estimate of drug-likeness (QED) is 0.185. The molecule has 21 heteroatoms. The van der Waals surface area contributed by atoms with Crippen LogP contribution in [0.25, 0.3) is 39.3 Å². The van der Waals surface area contributed by atoms with E-state index in [2.05, 4.69) is 51.5 Å².